The van der Waals surface area contributed by atoms with Crippen LogP contribution in [0, 0.1) is 11.8 Å². The summed E-state index contributed by atoms with van der Waals surface area (Å²) >= 11 is 5.92. The minimum atomic E-state index is -0.823. The molecule has 2 aromatic carbocycles. The zero-order chi connectivity index (χ0) is 24.9. The Morgan fingerprint density at radius 1 is 1.23 bits per heavy atom. The Hall–Kier alpha value is -3.22. The van der Waals surface area contributed by atoms with Crippen molar-refractivity contribution in [2.24, 2.45) is 7.05 Å². The molecular weight excluding hydrogens is 468 g/mol. The van der Waals surface area contributed by atoms with Crippen molar-refractivity contribution in [1.29, 1.82) is 0 Å². The molecule has 0 bridgehead atoms. The molecule has 1 aliphatic rings. The van der Waals surface area contributed by atoms with Gasteiger partial charge >= 0.3 is 0 Å². The SMILES string of the molecule is C[C@@H](O)C#Cc1cc(CN2CCOCC2)cc2c(=O)c(C(=O)NCc3ccc(Cl)cc3)nn(C)c12. The third kappa shape index (κ3) is 6.08. The van der Waals surface area contributed by atoms with Crippen LogP contribution in [0.5, 0.6) is 0 Å². The first-order valence-electron chi connectivity index (χ1n) is 11.4. The fourth-order valence-electron chi connectivity index (χ4n) is 3.99. The summed E-state index contributed by atoms with van der Waals surface area (Å²) in [6, 6.07) is 10.8. The molecule has 1 amide bonds. The lowest BCUT2D eigenvalue weighted by molar-refractivity contribution is 0.0342. The second-order valence-electron chi connectivity index (χ2n) is 8.48. The standard InChI is InChI=1S/C26H27ClN4O4/c1-17(32)3-6-20-13-19(16-31-9-11-35-12-10-31)14-22-24(20)30(2)29-23(25(22)33)26(34)28-15-18-4-7-21(27)8-5-18/h4-5,7-8,13-14,17,32H,9-12,15-16H2,1-2H3,(H,28,34)/t17-/m1/s1. The molecule has 9 heteroatoms. The van der Waals surface area contributed by atoms with Crippen LogP contribution in [-0.2, 0) is 24.9 Å². The Morgan fingerprint density at radius 2 is 1.94 bits per heavy atom. The van der Waals surface area contributed by atoms with Crippen molar-refractivity contribution in [2.75, 3.05) is 26.3 Å². The van der Waals surface area contributed by atoms with Crippen LogP contribution in [0.2, 0.25) is 5.02 Å². The van der Waals surface area contributed by atoms with E-state index in [1.165, 1.54) is 4.68 Å². The van der Waals surface area contributed by atoms with Gasteiger partial charge in [0.1, 0.15) is 6.10 Å². The van der Waals surface area contributed by atoms with Crippen molar-refractivity contribution in [3.05, 3.63) is 74.0 Å². The van der Waals surface area contributed by atoms with Crippen LogP contribution >= 0.6 is 11.6 Å². The molecule has 0 aliphatic carbocycles. The fourth-order valence-corrected chi connectivity index (χ4v) is 4.12. The summed E-state index contributed by atoms with van der Waals surface area (Å²) in [7, 11) is 1.67. The first-order chi connectivity index (χ1) is 16.8. The van der Waals surface area contributed by atoms with Gasteiger partial charge in [-0.05, 0) is 42.3 Å². The summed E-state index contributed by atoms with van der Waals surface area (Å²) in [6.45, 7) is 5.33. The van der Waals surface area contributed by atoms with Crippen LogP contribution in [0.25, 0.3) is 10.9 Å². The van der Waals surface area contributed by atoms with Crippen molar-refractivity contribution in [3.8, 4) is 11.8 Å². The van der Waals surface area contributed by atoms with Gasteiger partial charge in [0.15, 0.2) is 5.69 Å². The Bertz CT molecular complexity index is 1350. The number of morpholine rings is 1. The molecule has 35 heavy (non-hydrogen) atoms. The molecule has 0 spiro atoms. The van der Waals surface area contributed by atoms with Gasteiger partial charge in [-0.3, -0.25) is 19.2 Å². The molecule has 0 unspecified atom stereocenters. The number of hydrogen-bond acceptors (Lipinski definition) is 6. The largest absolute Gasteiger partial charge is 0.381 e. The lowest BCUT2D eigenvalue weighted by Crippen LogP contribution is -2.35. The third-order valence-electron chi connectivity index (χ3n) is 5.71. The number of aromatic nitrogens is 2. The summed E-state index contributed by atoms with van der Waals surface area (Å²) in [6.07, 6.45) is -0.823. The number of benzene rings is 2. The number of hydrogen-bond donors (Lipinski definition) is 2. The first-order valence-corrected chi connectivity index (χ1v) is 11.8. The number of aliphatic hydroxyl groups is 1. The van der Waals surface area contributed by atoms with Gasteiger partial charge in [0.05, 0.1) is 29.7 Å². The molecule has 8 nitrogen and oxygen atoms in total. The van der Waals surface area contributed by atoms with Gasteiger partial charge in [0.25, 0.3) is 5.91 Å². The first kappa shape index (κ1) is 24.9. The lowest BCUT2D eigenvalue weighted by atomic mass is 10.0. The van der Waals surface area contributed by atoms with Crippen LogP contribution in [0.1, 0.15) is 34.1 Å². The second-order valence-corrected chi connectivity index (χ2v) is 8.92. The van der Waals surface area contributed by atoms with Crippen LogP contribution in [0.3, 0.4) is 0 Å². The van der Waals surface area contributed by atoms with E-state index in [1.807, 2.05) is 6.07 Å². The maximum Gasteiger partial charge on any atom is 0.276 e. The van der Waals surface area contributed by atoms with Crippen molar-refractivity contribution in [1.82, 2.24) is 20.0 Å². The van der Waals surface area contributed by atoms with Gasteiger partial charge in [-0.2, -0.15) is 5.10 Å². The summed E-state index contributed by atoms with van der Waals surface area (Å²) in [4.78, 5) is 28.6. The van der Waals surface area contributed by atoms with E-state index in [9.17, 15) is 14.7 Å². The summed E-state index contributed by atoms with van der Waals surface area (Å²) in [5, 5.41) is 17.7. The number of nitrogens with one attached hydrogen (secondary N) is 1. The Balaban J connectivity index is 1.72. The normalized spacial score (nSPS) is 14.9. The molecule has 1 fully saturated rings. The average Bonchev–Trinajstić information content (AvgIpc) is 2.84. The highest BCUT2D eigenvalue weighted by Gasteiger charge is 2.20. The second kappa shape index (κ2) is 11.0. The van der Waals surface area contributed by atoms with E-state index in [0.29, 0.717) is 41.2 Å². The maximum atomic E-state index is 13.4. The molecule has 0 radical (unpaired) electrons. The molecule has 1 atom stereocenters. The number of fused-ring (bicyclic) bond motifs is 1. The highest BCUT2D eigenvalue weighted by Crippen LogP contribution is 2.20. The molecule has 182 valence electrons. The minimum absolute atomic E-state index is 0.188. The summed E-state index contributed by atoms with van der Waals surface area (Å²) in [5.41, 5.74) is 2.19. The Labute approximate surface area is 208 Å². The molecule has 2 heterocycles. The number of amides is 1. The number of carbonyl (C=O) groups excluding carboxylic acids is 1. The van der Waals surface area contributed by atoms with Crippen molar-refractivity contribution in [2.45, 2.75) is 26.1 Å². The highest BCUT2D eigenvalue weighted by molar-refractivity contribution is 6.30. The van der Waals surface area contributed by atoms with E-state index in [2.05, 4.69) is 27.2 Å². The van der Waals surface area contributed by atoms with E-state index in [4.69, 9.17) is 16.3 Å². The number of aliphatic hydroxyl groups excluding tert-OH is 1. The number of ether oxygens (including phenoxy) is 1. The van der Waals surface area contributed by atoms with Gasteiger partial charge in [0, 0.05) is 38.2 Å². The molecule has 1 saturated heterocycles. The van der Waals surface area contributed by atoms with Gasteiger partial charge in [0.2, 0.25) is 5.43 Å². The molecule has 0 saturated carbocycles. The number of aryl methyl sites for hydroxylation is 1. The highest BCUT2D eigenvalue weighted by atomic mass is 35.5. The van der Waals surface area contributed by atoms with E-state index < -0.39 is 17.4 Å². The van der Waals surface area contributed by atoms with E-state index in [-0.39, 0.29) is 12.2 Å². The van der Waals surface area contributed by atoms with Crippen LogP contribution in [-0.4, -0.2) is 58.1 Å². The quantitative estimate of drug-likeness (QED) is 0.527. The Morgan fingerprint density at radius 3 is 2.63 bits per heavy atom. The number of halogens is 1. The number of nitrogens with zero attached hydrogens (tertiary/aromatic N) is 3. The molecule has 4 rings (SSSR count). The number of carbonyl (C=O) groups is 1. The van der Waals surface area contributed by atoms with Gasteiger partial charge in [-0.15, -0.1) is 0 Å². The smallest absolute Gasteiger partial charge is 0.276 e. The van der Waals surface area contributed by atoms with Crippen molar-refractivity contribution in [3.63, 3.8) is 0 Å². The van der Waals surface area contributed by atoms with E-state index in [1.54, 1.807) is 44.3 Å². The van der Waals surface area contributed by atoms with Gasteiger partial charge in [-0.25, -0.2) is 0 Å². The third-order valence-corrected chi connectivity index (χ3v) is 5.96. The van der Waals surface area contributed by atoms with Crippen LogP contribution in [0.4, 0.5) is 0 Å². The molecule has 1 aromatic heterocycles. The maximum absolute atomic E-state index is 13.4. The predicted octanol–water partition coefficient (Wildman–Crippen LogP) is 2.08. The topological polar surface area (TPSA) is 96.7 Å². The minimum Gasteiger partial charge on any atom is -0.381 e. The van der Waals surface area contributed by atoms with Crippen LogP contribution < -0.4 is 10.7 Å². The van der Waals surface area contributed by atoms with Crippen LogP contribution in [0.15, 0.2) is 41.2 Å². The zero-order valence-corrected chi connectivity index (χ0v) is 20.4. The summed E-state index contributed by atoms with van der Waals surface area (Å²) < 4.78 is 6.93. The molecule has 3 aromatic rings. The average molecular weight is 495 g/mol. The molecule has 2 N–H and O–H groups in total. The van der Waals surface area contributed by atoms with Crippen molar-refractivity contribution >= 4 is 28.4 Å². The lowest BCUT2D eigenvalue weighted by Gasteiger charge is -2.26. The van der Waals surface area contributed by atoms with Gasteiger partial charge < -0.3 is 15.2 Å². The van der Waals surface area contributed by atoms with E-state index >= 15 is 0 Å². The summed E-state index contributed by atoms with van der Waals surface area (Å²) in [5.74, 6) is 5.17. The van der Waals surface area contributed by atoms with E-state index in [0.717, 1.165) is 24.2 Å². The predicted molar refractivity (Wildman–Crippen MR) is 134 cm³/mol. The fraction of sp³-hybridized carbons (Fsp3) is 0.346. The van der Waals surface area contributed by atoms with Gasteiger partial charge in [-0.1, -0.05) is 35.6 Å². The zero-order valence-electron chi connectivity index (χ0n) is 19.7. The monoisotopic (exact) mass is 494 g/mol. The van der Waals surface area contributed by atoms with Crippen molar-refractivity contribution < 1.29 is 14.6 Å². The molecular formula is C26H27ClN4O4. The number of rotatable bonds is 5. The Kier molecular flexibility index (Phi) is 7.83. The molecule has 1 aliphatic heterocycles.